The molecule has 26 heavy (non-hydrogen) atoms. The van der Waals surface area contributed by atoms with Gasteiger partial charge in [0.15, 0.2) is 0 Å². The molecule has 3 rings (SSSR count). The molecule has 0 bridgehead atoms. The van der Waals surface area contributed by atoms with E-state index in [4.69, 9.17) is 28.8 Å². The molecule has 1 unspecified atom stereocenters. The van der Waals surface area contributed by atoms with Crippen molar-refractivity contribution in [1.29, 1.82) is 0 Å². The highest BCUT2D eigenvalue weighted by Gasteiger charge is 2.32. The molecule has 2 aromatic carbocycles. The van der Waals surface area contributed by atoms with E-state index in [1.807, 2.05) is 0 Å². The number of aromatic nitrogens is 1. The molecule has 0 aliphatic heterocycles. The van der Waals surface area contributed by atoms with Crippen LogP contribution in [0.25, 0.3) is 10.9 Å². The largest absolute Gasteiger partial charge is 0.369 e. The Kier molecular flexibility index (Phi) is 4.40. The molecule has 6 N–H and O–H groups in total. The van der Waals surface area contributed by atoms with Gasteiger partial charge in [0.1, 0.15) is 5.69 Å². The van der Waals surface area contributed by atoms with Crippen molar-refractivity contribution < 1.29 is 14.4 Å². The molecule has 0 aliphatic rings. The van der Waals surface area contributed by atoms with Crippen LogP contribution in [-0.2, 0) is 4.79 Å². The zero-order valence-electron chi connectivity index (χ0n) is 13.5. The van der Waals surface area contributed by atoms with E-state index < -0.39 is 23.8 Å². The molecule has 3 amide bonds. The van der Waals surface area contributed by atoms with Crippen LogP contribution in [0, 0.1) is 0 Å². The second-order valence-corrected chi connectivity index (χ2v) is 6.14. The summed E-state index contributed by atoms with van der Waals surface area (Å²) in [6, 6.07) is 12.3. The van der Waals surface area contributed by atoms with E-state index in [0.29, 0.717) is 21.5 Å². The number of hydrogen-bond donors (Lipinski definition) is 3. The summed E-state index contributed by atoms with van der Waals surface area (Å²) in [6.45, 7) is 0. The Hall–Kier alpha value is -3.32. The minimum absolute atomic E-state index is 0.178. The maximum absolute atomic E-state index is 12.3. The molecule has 0 saturated heterocycles. The van der Waals surface area contributed by atoms with Crippen LogP contribution < -0.4 is 17.2 Å². The summed E-state index contributed by atoms with van der Waals surface area (Å²) in [4.78, 5) is 36.4. The van der Waals surface area contributed by atoms with Gasteiger partial charge in [-0.25, -0.2) is 4.79 Å². The van der Waals surface area contributed by atoms with Crippen LogP contribution in [0.3, 0.4) is 0 Å². The standard InChI is InChI=1S/C18H15ClN4O3/c19-10-5-3-4-9(8-10)13(16(20)24)14-11-6-1-2-7-12(11)23(18(22)26)15(14)17(21)25/h1-8,13H,(H2,20,24)(H2,21,25)(H2,22,26). The molecular weight excluding hydrogens is 356 g/mol. The van der Waals surface area contributed by atoms with Crippen LogP contribution in [0.1, 0.15) is 27.5 Å². The minimum atomic E-state index is -1.04. The monoisotopic (exact) mass is 370 g/mol. The van der Waals surface area contributed by atoms with Gasteiger partial charge >= 0.3 is 6.03 Å². The zero-order valence-corrected chi connectivity index (χ0v) is 14.2. The van der Waals surface area contributed by atoms with Crippen molar-refractivity contribution in [2.24, 2.45) is 17.2 Å². The third-order valence-corrected chi connectivity index (χ3v) is 4.36. The summed E-state index contributed by atoms with van der Waals surface area (Å²) in [5.41, 5.74) is 17.5. The summed E-state index contributed by atoms with van der Waals surface area (Å²) in [6.07, 6.45) is 0. The van der Waals surface area contributed by atoms with Gasteiger partial charge in [-0.15, -0.1) is 0 Å². The normalized spacial score (nSPS) is 12.0. The van der Waals surface area contributed by atoms with E-state index >= 15 is 0 Å². The lowest BCUT2D eigenvalue weighted by molar-refractivity contribution is -0.118. The molecule has 0 saturated carbocycles. The van der Waals surface area contributed by atoms with Gasteiger partial charge in [0, 0.05) is 16.0 Å². The summed E-state index contributed by atoms with van der Waals surface area (Å²) in [5, 5.41) is 0.872. The van der Waals surface area contributed by atoms with Crippen LogP contribution in [0.5, 0.6) is 0 Å². The van der Waals surface area contributed by atoms with Crippen LogP contribution >= 0.6 is 11.6 Å². The highest BCUT2D eigenvalue weighted by Crippen LogP contribution is 2.36. The number of carbonyl (C=O) groups is 3. The maximum atomic E-state index is 12.3. The molecule has 0 radical (unpaired) electrons. The molecule has 0 aliphatic carbocycles. The highest BCUT2D eigenvalue weighted by molar-refractivity contribution is 6.30. The first-order chi connectivity index (χ1) is 12.3. The number of primary amides is 3. The van der Waals surface area contributed by atoms with Crippen LogP contribution in [-0.4, -0.2) is 22.4 Å². The van der Waals surface area contributed by atoms with E-state index in [1.54, 1.807) is 48.5 Å². The lowest BCUT2D eigenvalue weighted by atomic mass is 9.88. The molecule has 0 spiro atoms. The summed E-state index contributed by atoms with van der Waals surface area (Å²) in [5.74, 6) is -2.66. The van der Waals surface area contributed by atoms with Gasteiger partial charge in [-0.05, 0) is 23.8 Å². The van der Waals surface area contributed by atoms with Crippen LogP contribution in [0.15, 0.2) is 48.5 Å². The average Bonchev–Trinajstić information content (AvgIpc) is 2.90. The molecule has 0 fully saturated rings. The Bertz CT molecular complexity index is 1060. The van der Waals surface area contributed by atoms with Gasteiger partial charge < -0.3 is 17.2 Å². The number of halogens is 1. The Balaban J connectivity index is 2.45. The van der Waals surface area contributed by atoms with Crippen molar-refractivity contribution in [2.75, 3.05) is 0 Å². The second kappa shape index (κ2) is 6.53. The SMILES string of the molecule is NC(=O)c1c(C(C(N)=O)c2cccc(Cl)c2)c2ccccc2n1C(N)=O. The van der Waals surface area contributed by atoms with Crippen molar-refractivity contribution in [3.8, 4) is 0 Å². The molecule has 1 aromatic heterocycles. The van der Waals surface area contributed by atoms with Crippen molar-refractivity contribution in [3.63, 3.8) is 0 Å². The minimum Gasteiger partial charge on any atom is -0.369 e. The van der Waals surface area contributed by atoms with E-state index in [1.165, 1.54) is 0 Å². The Morgan fingerprint density at radius 3 is 2.23 bits per heavy atom. The van der Waals surface area contributed by atoms with E-state index in [-0.39, 0.29) is 11.3 Å². The van der Waals surface area contributed by atoms with Gasteiger partial charge in [0.2, 0.25) is 5.91 Å². The number of carbonyl (C=O) groups excluding carboxylic acids is 3. The number of nitrogens with zero attached hydrogens (tertiary/aromatic N) is 1. The lowest BCUT2D eigenvalue weighted by Crippen LogP contribution is -2.30. The number of nitrogens with two attached hydrogens (primary N) is 3. The van der Waals surface area contributed by atoms with E-state index in [0.717, 1.165) is 4.57 Å². The Morgan fingerprint density at radius 1 is 0.962 bits per heavy atom. The smallest absolute Gasteiger partial charge is 0.324 e. The molecule has 7 nitrogen and oxygen atoms in total. The van der Waals surface area contributed by atoms with Crippen LogP contribution in [0.2, 0.25) is 5.02 Å². The van der Waals surface area contributed by atoms with Gasteiger partial charge in [0.25, 0.3) is 5.91 Å². The fraction of sp³-hybridized carbons (Fsp3) is 0.0556. The summed E-state index contributed by atoms with van der Waals surface area (Å²) < 4.78 is 0.994. The zero-order chi connectivity index (χ0) is 19.0. The highest BCUT2D eigenvalue weighted by atomic mass is 35.5. The summed E-state index contributed by atoms with van der Waals surface area (Å²) >= 11 is 6.03. The number of rotatable bonds is 4. The number of hydrogen-bond acceptors (Lipinski definition) is 3. The van der Waals surface area contributed by atoms with Crippen molar-refractivity contribution in [3.05, 3.63) is 70.4 Å². The van der Waals surface area contributed by atoms with Crippen LogP contribution in [0.4, 0.5) is 4.79 Å². The molecule has 1 heterocycles. The van der Waals surface area contributed by atoms with Crippen molar-refractivity contribution >= 4 is 40.3 Å². The first-order valence-corrected chi connectivity index (χ1v) is 7.98. The molecule has 8 heteroatoms. The van der Waals surface area contributed by atoms with Gasteiger partial charge in [-0.1, -0.05) is 41.9 Å². The average molecular weight is 371 g/mol. The van der Waals surface area contributed by atoms with Gasteiger partial charge in [-0.2, -0.15) is 0 Å². The van der Waals surface area contributed by atoms with Crippen molar-refractivity contribution in [1.82, 2.24) is 4.57 Å². The Morgan fingerprint density at radius 2 is 1.65 bits per heavy atom. The molecular formula is C18H15ClN4O3. The molecule has 1 atom stereocenters. The predicted octanol–water partition coefficient (Wildman–Crippen LogP) is 1.94. The number of amides is 3. The van der Waals surface area contributed by atoms with Gasteiger partial charge in [-0.3, -0.25) is 14.2 Å². The lowest BCUT2D eigenvalue weighted by Gasteiger charge is -2.16. The fourth-order valence-electron chi connectivity index (χ4n) is 3.19. The second-order valence-electron chi connectivity index (χ2n) is 5.71. The maximum Gasteiger partial charge on any atom is 0.324 e. The Labute approximate surface area is 153 Å². The molecule has 3 aromatic rings. The first-order valence-electron chi connectivity index (χ1n) is 7.60. The summed E-state index contributed by atoms with van der Waals surface area (Å²) in [7, 11) is 0. The fourth-order valence-corrected chi connectivity index (χ4v) is 3.39. The third-order valence-electron chi connectivity index (χ3n) is 4.12. The van der Waals surface area contributed by atoms with E-state index in [9.17, 15) is 14.4 Å². The quantitative estimate of drug-likeness (QED) is 0.647. The predicted molar refractivity (Wildman–Crippen MR) is 97.9 cm³/mol. The number of benzene rings is 2. The topological polar surface area (TPSA) is 134 Å². The number of para-hydroxylation sites is 1. The molecule has 132 valence electrons. The third kappa shape index (κ3) is 2.78. The number of fused-ring (bicyclic) bond motifs is 1. The van der Waals surface area contributed by atoms with Crippen molar-refractivity contribution in [2.45, 2.75) is 5.92 Å². The van der Waals surface area contributed by atoms with Gasteiger partial charge in [0.05, 0.1) is 11.4 Å². The first kappa shape index (κ1) is 17.5. The van der Waals surface area contributed by atoms with E-state index in [2.05, 4.69) is 0 Å².